The van der Waals surface area contributed by atoms with Crippen LogP contribution in [0.25, 0.3) is 0 Å². The zero-order chi connectivity index (χ0) is 18.0. The third-order valence-corrected chi connectivity index (χ3v) is 14.8. The van der Waals surface area contributed by atoms with Crippen LogP contribution >= 0.6 is 0 Å². The van der Waals surface area contributed by atoms with E-state index in [9.17, 15) is 0 Å². The van der Waals surface area contributed by atoms with E-state index in [1.807, 2.05) is 20.4 Å². The van der Waals surface area contributed by atoms with Crippen molar-refractivity contribution in [2.24, 2.45) is 0 Å². The molecule has 0 spiro atoms. The van der Waals surface area contributed by atoms with Crippen molar-refractivity contribution >= 4 is 34.5 Å². The molecule has 0 aromatic carbocycles. The third kappa shape index (κ3) is 14.3. The first-order chi connectivity index (χ1) is 9.89. The average Bonchev–Trinajstić information content (AvgIpc) is 2.26. The molecule has 136 valence electrons. The number of hydrogen-bond acceptors (Lipinski definition) is 5. The third-order valence-electron chi connectivity index (χ3n) is 2.10. The fraction of sp³-hybridized carbons (Fsp3) is 1.00. The maximum Gasteiger partial charge on any atom is 0.342 e. The predicted molar refractivity (Wildman–Crippen MR) is 104 cm³/mol. The molecule has 9 heteroatoms. The second-order valence-electron chi connectivity index (χ2n) is 6.79. The van der Waals surface area contributed by atoms with E-state index in [-0.39, 0.29) is 6.61 Å². The fourth-order valence-corrected chi connectivity index (χ4v) is 18.4. The summed E-state index contributed by atoms with van der Waals surface area (Å²) >= 11 is 0. The van der Waals surface area contributed by atoms with Gasteiger partial charge in [-0.2, -0.15) is 0 Å². The molecule has 0 aliphatic carbocycles. The highest BCUT2D eigenvalue weighted by molar-refractivity contribution is 6.87. The zero-order valence-electron chi connectivity index (χ0n) is 16.3. The van der Waals surface area contributed by atoms with E-state index in [0.717, 1.165) is 0 Å². The van der Waals surface area contributed by atoms with Crippen molar-refractivity contribution in [3.8, 4) is 0 Å². The Labute approximate surface area is 142 Å². The van der Waals surface area contributed by atoms with E-state index in [4.69, 9.17) is 22.2 Å². The quantitative estimate of drug-likeness (QED) is 0.461. The summed E-state index contributed by atoms with van der Waals surface area (Å²) in [5, 5.41) is 8.84. The van der Waals surface area contributed by atoms with Gasteiger partial charge in [-0.3, -0.25) is 0 Å². The van der Waals surface area contributed by atoms with Crippen LogP contribution in [0.1, 0.15) is 13.8 Å². The zero-order valence-corrected chi connectivity index (χ0v) is 20.4. The molecule has 0 radical (unpaired) electrons. The molecular formula is C13H38O5Si4. The van der Waals surface area contributed by atoms with E-state index in [2.05, 4.69) is 45.8 Å². The second kappa shape index (κ2) is 11.3. The lowest BCUT2D eigenvalue weighted by Gasteiger charge is -2.39. The van der Waals surface area contributed by atoms with E-state index >= 15 is 0 Å². The van der Waals surface area contributed by atoms with E-state index in [1.165, 1.54) is 0 Å². The van der Waals surface area contributed by atoms with Crippen molar-refractivity contribution in [1.82, 2.24) is 0 Å². The molecule has 0 aliphatic heterocycles. The lowest BCUT2D eigenvalue weighted by molar-refractivity contribution is 0.104. The molecule has 1 unspecified atom stereocenters. The fourth-order valence-electron chi connectivity index (χ4n) is 2.19. The summed E-state index contributed by atoms with van der Waals surface area (Å²) in [6, 6.07) is 0. The van der Waals surface area contributed by atoms with Crippen molar-refractivity contribution in [3.63, 3.8) is 0 Å². The van der Waals surface area contributed by atoms with Crippen LogP contribution in [-0.2, 0) is 17.1 Å². The van der Waals surface area contributed by atoms with E-state index in [0.29, 0.717) is 12.8 Å². The van der Waals surface area contributed by atoms with E-state index < -0.39 is 34.5 Å². The van der Waals surface area contributed by atoms with Gasteiger partial charge in [0.2, 0.25) is 0 Å². The van der Waals surface area contributed by atoms with Crippen LogP contribution < -0.4 is 0 Å². The van der Waals surface area contributed by atoms with Crippen LogP contribution in [0.15, 0.2) is 0 Å². The molecule has 0 aromatic heterocycles. The molecule has 0 heterocycles. The van der Waals surface area contributed by atoms with Crippen molar-refractivity contribution < 1.29 is 22.2 Å². The molecule has 0 aromatic rings. The number of hydrogen-bond donors (Lipinski definition) is 1. The van der Waals surface area contributed by atoms with Gasteiger partial charge in [-0.15, -0.1) is 0 Å². The van der Waals surface area contributed by atoms with Crippen LogP contribution in [-0.4, -0.2) is 59.0 Å². The number of rotatable bonds is 10. The van der Waals surface area contributed by atoms with Gasteiger partial charge < -0.3 is 22.2 Å². The Morgan fingerprint density at radius 1 is 0.909 bits per heavy atom. The van der Waals surface area contributed by atoms with Crippen molar-refractivity contribution in [1.29, 1.82) is 0 Å². The summed E-state index contributed by atoms with van der Waals surface area (Å²) < 4.78 is 24.2. The SMILES string of the molecule is CC.C[SiH](C)O[Si](C)(COCCO)O[Si](C)(C)O[Si](C)(C)C. The predicted octanol–water partition coefficient (Wildman–Crippen LogP) is 3.20. The van der Waals surface area contributed by atoms with Gasteiger partial charge in [-0.1, -0.05) is 13.8 Å². The molecule has 22 heavy (non-hydrogen) atoms. The number of ether oxygens (including phenoxy) is 1. The normalized spacial score (nSPS) is 15.3. The molecule has 0 rings (SSSR count). The molecule has 0 fully saturated rings. The Morgan fingerprint density at radius 2 is 1.41 bits per heavy atom. The first-order valence-electron chi connectivity index (χ1n) is 8.16. The summed E-state index contributed by atoms with van der Waals surface area (Å²) in [4.78, 5) is 0. The van der Waals surface area contributed by atoms with Crippen molar-refractivity contribution in [3.05, 3.63) is 0 Å². The Balaban J connectivity index is 0. The molecule has 0 bridgehead atoms. The standard InChI is InChI=1S/C11H32O5Si4.C2H6/c1-17(2)14-20(8,11-13-10-9-12)16-19(6,7)15-18(3,4)5;1-2/h12,17H,9-11H2,1-8H3;1-2H3. The van der Waals surface area contributed by atoms with Crippen molar-refractivity contribution in [2.45, 2.75) is 66.2 Å². The smallest absolute Gasteiger partial charge is 0.342 e. The maximum atomic E-state index is 8.84. The molecule has 1 N–H and O–H groups in total. The molecular weight excluding hydrogens is 348 g/mol. The highest BCUT2D eigenvalue weighted by Gasteiger charge is 2.43. The second-order valence-corrected chi connectivity index (χ2v) is 21.0. The Bertz CT molecular complexity index is 284. The minimum atomic E-state index is -2.40. The molecule has 0 aliphatic rings. The lowest BCUT2D eigenvalue weighted by atomic mass is 10.8. The summed E-state index contributed by atoms with van der Waals surface area (Å²) in [5.41, 5.74) is 0. The Kier molecular flexibility index (Phi) is 12.8. The summed E-state index contributed by atoms with van der Waals surface area (Å²) in [7, 11) is -7.47. The minimum absolute atomic E-state index is 0.0236. The summed E-state index contributed by atoms with van der Waals surface area (Å²) in [5.74, 6) is 0. The first-order valence-corrected chi connectivity index (χ1v) is 19.7. The molecule has 0 saturated carbocycles. The maximum absolute atomic E-state index is 8.84. The van der Waals surface area contributed by atoms with Gasteiger partial charge in [0.05, 0.1) is 19.4 Å². The monoisotopic (exact) mass is 386 g/mol. The van der Waals surface area contributed by atoms with Gasteiger partial charge in [-0.05, 0) is 52.4 Å². The lowest BCUT2D eigenvalue weighted by Crippen LogP contribution is -2.57. The van der Waals surface area contributed by atoms with Gasteiger partial charge in [0.25, 0.3) is 0 Å². The van der Waals surface area contributed by atoms with Crippen LogP contribution in [0.2, 0.25) is 52.4 Å². The van der Waals surface area contributed by atoms with Crippen molar-refractivity contribution in [2.75, 3.05) is 19.4 Å². The van der Waals surface area contributed by atoms with E-state index in [1.54, 1.807) is 0 Å². The van der Waals surface area contributed by atoms with Gasteiger partial charge in [0.15, 0.2) is 17.4 Å². The molecule has 1 atom stereocenters. The summed E-state index contributed by atoms with van der Waals surface area (Å²) in [6.45, 7) is 21.3. The van der Waals surface area contributed by atoms with Crippen LogP contribution in [0.3, 0.4) is 0 Å². The molecule has 0 amide bonds. The van der Waals surface area contributed by atoms with Gasteiger partial charge in [0.1, 0.15) is 0 Å². The highest BCUT2D eigenvalue weighted by atomic mass is 28.5. The topological polar surface area (TPSA) is 57.2 Å². The minimum Gasteiger partial charge on any atom is -0.438 e. The van der Waals surface area contributed by atoms with Gasteiger partial charge in [-0.25, -0.2) is 0 Å². The Hall–Kier alpha value is 0.668. The average molecular weight is 387 g/mol. The van der Waals surface area contributed by atoms with Crippen LogP contribution in [0.4, 0.5) is 0 Å². The largest absolute Gasteiger partial charge is 0.438 e. The van der Waals surface area contributed by atoms with Crippen LogP contribution in [0, 0.1) is 0 Å². The Morgan fingerprint density at radius 3 is 1.77 bits per heavy atom. The molecule has 5 nitrogen and oxygen atoms in total. The number of aliphatic hydroxyl groups is 1. The number of aliphatic hydroxyl groups excluding tert-OH is 1. The van der Waals surface area contributed by atoms with Gasteiger partial charge >= 0.3 is 17.1 Å². The first kappa shape index (κ1) is 24.9. The molecule has 0 saturated heterocycles. The van der Waals surface area contributed by atoms with Gasteiger partial charge in [0, 0.05) is 0 Å². The highest BCUT2D eigenvalue weighted by Crippen LogP contribution is 2.22. The van der Waals surface area contributed by atoms with Crippen LogP contribution in [0.5, 0.6) is 0 Å². The summed E-state index contributed by atoms with van der Waals surface area (Å²) in [6.07, 6.45) is 0.449.